The van der Waals surface area contributed by atoms with Gasteiger partial charge in [0, 0.05) is 24.5 Å². The molecule has 0 atom stereocenters. The third kappa shape index (κ3) is 13.5. The van der Waals surface area contributed by atoms with E-state index in [-0.39, 0.29) is 6.10 Å². The molecule has 5 nitrogen and oxygen atoms in total. The Morgan fingerprint density at radius 3 is 2.26 bits per heavy atom. The van der Waals surface area contributed by atoms with Gasteiger partial charge in [-0.3, -0.25) is 0 Å². The Labute approximate surface area is 237 Å². The van der Waals surface area contributed by atoms with Gasteiger partial charge in [0.25, 0.3) is 0 Å². The van der Waals surface area contributed by atoms with Gasteiger partial charge in [-0.2, -0.15) is 0 Å². The summed E-state index contributed by atoms with van der Waals surface area (Å²) in [6, 6.07) is 18.4. The molecule has 0 unspecified atom stereocenters. The lowest BCUT2D eigenvalue weighted by molar-refractivity contribution is 0.157. The molecule has 0 fully saturated rings. The number of rotatable bonds is 14. The predicted molar refractivity (Wildman–Crippen MR) is 167 cm³/mol. The summed E-state index contributed by atoms with van der Waals surface area (Å²) in [5.41, 5.74) is 12.6. The maximum Gasteiger partial charge on any atom is 0.122 e. The summed E-state index contributed by atoms with van der Waals surface area (Å²) in [5, 5.41) is 6.85. The van der Waals surface area contributed by atoms with E-state index in [9.17, 15) is 0 Å². The highest BCUT2D eigenvalue weighted by molar-refractivity contribution is 5.37. The maximum atomic E-state index is 6.37. The van der Waals surface area contributed by atoms with Crippen LogP contribution in [0, 0.1) is 0 Å². The Morgan fingerprint density at radius 1 is 0.949 bits per heavy atom. The molecule has 0 amide bonds. The molecule has 0 saturated carbocycles. The molecule has 2 aromatic carbocycles. The molecular weight excluding hydrogens is 482 g/mol. The van der Waals surface area contributed by atoms with E-state index in [2.05, 4.69) is 41.8 Å². The molecule has 0 radical (unpaired) electrons. The molecule has 0 aliphatic carbocycles. The van der Waals surface area contributed by atoms with Crippen LogP contribution in [0.4, 0.5) is 0 Å². The van der Waals surface area contributed by atoms with Crippen LogP contribution in [-0.4, -0.2) is 19.8 Å². The zero-order chi connectivity index (χ0) is 29.0. The number of methoxy groups -OCH3 is 1. The van der Waals surface area contributed by atoms with E-state index >= 15 is 0 Å². The number of para-hydroxylation sites is 1. The average molecular weight is 532 g/mol. The second-order valence-electron chi connectivity index (χ2n) is 9.13. The number of allylic oxidation sites excluding steroid dienone is 6. The van der Waals surface area contributed by atoms with Gasteiger partial charge < -0.3 is 25.8 Å². The van der Waals surface area contributed by atoms with Gasteiger partial charge in [-0.05, 0) is 82.5 Å². The lowest BCUT2D eigenvalue weighted by Crippen LogP contribution is -2.16. The van der Waals surface area contributed by atoms with Crippen molar-refractivity contribution in [3.05, 3.63) is 125 Å². The van der Waals surface area contributed by atoms with Crippen molar-refractivity contribution in [2.75, 3.05) is 13.7 Å². The maximum absolute atomic E-state index is 6.37. The summed E-state index contributed by atoms with van der Waals surface area (Å²) in [7, 11) is 1.70. The molecule has 0 spiro atoms. The van der Waals surface area contributed by atoms with Crippen molar-refractivity contribution >= 4 is 0 Å². The van der Waals surface area contributed by atoms with Gasteiger partial charge in [0.05, 0.1) is 18.9 Å². The Balaban J connectivity index is 0.00000371. The normalized spacial score (nSPS) is 13.0. The van der Waals surface area contributed by atoms with E-state index in [0.717, 1.165) is 47.0 Å². The monoisotopic (exact) mass is 531 g/mol. The van der Waals surface area contributed by atoms with Crippen LogP contribution in [0.3, 0.4) is 0 Å². The van der Waals surface area contributed by atoms with Crippen LogP contribution in [0.25, 0.3) is 0 Å². The van der Waals surface area contributed by atoms with Crippen LogP contribution in [0.1, 0.15) is 59.6 Å². The number of nitrogens with two attached hydrogens (primary N) is 1. The lowest BCUT2D eigenvalue weighted by Gasteiger charge is -2.13. The topological polar surface area (TPSA) is 68.5 Å². The molecule has 0 aromatic heterocycles. The summed E-state index contributed by atoms with van der Waals surface area (Å²) in [4.78, 5) is 0. The van der Waals surface area contributed by atoms with E-state index < -0.39 is 0 Å². The quantitative estimate of drug-likeness (QED) is 0.173. The van der Waals surface area contributed by atoms with Crippen LogP contribution in [0.15, 0.2) is 113 Å². The molecule has 2 rings (SSSR count). The fraction of sp³-hybridized carbons (Fsp3) is 0.353. The summed E-state index contributed by atoms with van der Waals surface area (Å²) < 4.78 is 11.5. The van der Waals surface area contributed by atoms with Crippen LogP contribution < -0.4 is 21.1 Å². The standard InChI is InChI=1S/C32H43N3O2.C2H6/c1-7-29(35-23-27-13-9-8-10-14-27)17-18-30(37-24(2)3)19-20-34-26(5)31(33)22-25(4)21-28-15-11-12-16-32(28)36-6;1-2/h7-19,22,24,34-35H,20-21,23,33H2,1-6H3;1-2H3/b18-17-,25-22+,29-7+,30-19-,31-26-;. The Kier molecular flexibility index (Phi) is 16.4. The van der Waals surface area contributed by atoms with Crippen molar-refractivity contribution in [3.63, 3.8) is 0 Å². The van der Waals surface area contributed by atoms with E-state index in [4.69, 9.17) is 15.2 Å². The number of benzene rings is 2. The lowest BCUT2D eigenvalue weighted by atomic mass is 10.0. The minimum absolute atomic E-state index is 0.0736. The number of hydrogen-bond acceptors (Lipinski definition) is 5. The summed E-state index contributed by atoms with van der Waals surface area (Å²) >= 11 is 0. The highest BCUT2D eigenvalue weighted by Crippen LogP contribution is 2.21. The fourth-order valence-electron chi connectivity index (χ4n) is 3.64. The van der Waals surface area contributed by atoms with Crippen molar-refractivity contribution in [1.29, 1.82) is 0 Å². The Bertz CT molecular complexity index is 1130. The number of hydrogen-bond donors (Lipinski definition) is 3. The number of ether oxygens (including phenoxy) is 2. The third-order valence-electron chi connectivity index (χ3n) is 5.62. The number of nitrogens with one attached hydrogen (secondary N) is 2. The second-order valence-corrected chi connectivity index (χ2v) is 9.13. The fourth-order valence-corrected chi connectivity index (χ4v) is 3.64. The second kappa shape index (κ2) is 19.2. The Hall–Kier alpha value is -3.86. The van der Waals surface area contributed by atoms with E-state index in [1.54, 1.807) is 7.11 Å². The first-order chi connectivity index (χ1) is 18.8. The molecule has 2 aromatic rings. The average Bonchev–Trinajstić information content (AvgIpc) is 2.94. The van der Waals surface area contributed by atoms with Crippen molar-refractivity contribution in [3.8, 4) is 5.75 Å². The Morgan fingerprint density at radius 2 is 1.62 bits per heavy atom. The van der Waals surface area contributed by atoms with E-state index in [1.165, 1.54) is 5.56 Å². The van der Waals surface area contributed by atoms with E-state index in [0.29, 0.717) is 12.2 Å². The molecule has 4 N–H and O–H groups in total. The van der Waals surface area contributed by atoms with Crippen molar-refractivity contribution < 1.29 is 9.47 Å². The highest BCUT2D eigenvalue weighted by atomic mass is 16.5. The molecule has 5 heteroatoms. The van der Waals surface area contributed by atoms with Gasteiger partial charge in [0.1, 0.15) is 11.5 Å². The van der Waals surface area contributed by atoms with Crippen LogP contribution in [-0.2, 0) is 17.7 Å². The first kappa shape index (κ1) is 33.2. The molecule has 0 aliphatic heterocycles. The third-order valence-corrected chi connectivity index (χ3v) is 5.62. The molecule has 39 heavy (non-hydrogen) atoms. The molecule has 0 heterocycles. The summed E-state index contributed by atoms with van der Waals surface area (Å²) in [6.07, 6.45) is 11.0. The predicted octanol–water partition coefficient (Wildman–Crippen LogP) is 7.55. The van der Waals surface area contributed by atoms with E-state index in [1.807, 2.05) is 102 Å². The van der Waals surface area contributed by atoms with Crippen molar-refractivity contribution in [2.24, 2.45) is 5.73 Å². The largest absolute Gasteiger partial charge is 0.496 e. The SMILES string of the molecule is CC.C\C=C(/C=C\C(=C\CN/C(C)=C(N)/C=C(\C)Cc1ccccc1OC)OC(C)C)NCc1ccccc1. The highest BCUT2D eigenvalue weighted by Gasteiger charge is 2.04. The zero-order valence-corrected chi connectivity index (χ0v) is 25.2. The van der Waals surface area contributed by atoms with Gasteiger partial charge >= 0.3 is 0 Å². The molecule has 212 valence electrons. The van der Waals surface area contributed by atoms with Gasteiger partial charge in [0.15, 0.2) is 0 Å². The molecule has 0 aliphatic rings. The molecular formula is C34H49N3O2. The zero-order valence-electron chi connectivity index (χ0n) is 25.2. The minimum atomic E-state index is 0.0736. The van der Waals surface area contributed by atoms with Crippen LogP contribution in [0.5, 0.6) is 5.75 Å². The molecule has 0 saturated heterocycles. The summed E-state index contributed by atoms with van der Waals surface area (Å²) in [5.74, 6) is 1.69. The van der Waals surface area contributed by atoms with Gasteiger partial charge in [-0.25, -0.2) is 0 Å². The van der Waals surface area contributed by atoms with Crippen molar-refractivity contribution in [2.45, 2.75) is 67.5 Å². The first-order valence-corrected chi connectivity index (χ1v) is 13.8. The smallest absolute Gasteiger partial charge is 0.122 e. The minimum Gasteiger partial charge on any atom is -0.496 e. The van der Waals surface area contributed by atoms with Crippen LogP contribution >= 0.6 is 0 Å². The molecule has 0 bridgehead atoms. The van der Waals surface area contributed by atoms with Crippen molar-refractivity contribution in [1.82, 2.24) is 10.6 Å². The van der Waals surface area contributed by atoms with Gasteiger partial charge in [0.2, 0.25) is 0 Å². The van der Waals surface area contributed by atoms with Gasteiger partial charge in [-0.15, -0.1) is 0 Å². The first-order valence-electron chi connectivity index (χ1n) is 13.8. The summed E-state index contributed by atoms with van der Waals surface area (Å²) in [6.45, 7) is 15.5. The van der Waals surface area contributed by atoms with Crippen LogP contribution in [0.2, 0.25) is 0 Å². The van der Waals surface area contributed by atoms with Gasteiger partial charge in [-0.1, -0.05) is 74.0 Å².